The van der Waals surface area contributed by atoms with Gasteiger partial charge in [0.25, 0.3) is 0 Å². The van der Waals surface area contributed by atoms with Gasteiger partial charge in [0.05, 0.1) is 5.02 Å². The third-order valence-corrected chi connectivity index (χ3v) is 4.13. The van der Waals surface area contributed by atoms with Crippen LogP contribution in [0.1, 0.15) is 32.4 Å². The molecule has 0 radical (unpaired) electrons. The number of aromatic nitrogens is 1. The predicted molar refractivity (Wildman–Crippen MR) is 81.9 cm³/mol. The Labute approximate surface area is 125 Å². The second kappa shape index (κ2) is 6.92. The number of likely N-dealkylation sites (tertiary alicyclic amines) is 1. The summed E-state index contributed by atoms with van der Waals surface area (Å²) in [4.78, 5) is 6.77. The van der Waals surface area contributed by atoms with Gasteiger partial charge in [-0.1, -0.05) is 25.4 Å². The maximum atomic E-state index is 8.95. The van der Waals surface area contributed by atoms with Crippen molar-refractivity contribution >= 4 is 17.4 Å². The molecule has 1 aromatic heterocycles. The molecule has 0 amide bonds. The summed E-state index contributed by atoms with van der Waals surface area (Å²) in [6, 6.07) is 6.05. The van der Waals surface area contributed by atoms with E-state index in [0.717, 1.165) is 12.4 Å². The van der Waals surface area contributed by atoms with Crippen LogP contribution < -0.4 is 5.32 Å². The van der Waals surface area contributed by atoms with Crippen molar-refractivity contribution in [2.45, 2.75) is 32.7 Å². The molecule has 1 saturated heterocycles. The lowest BCUT2D eigenvalue weighted by Gasteiger charge is -2.31. The second-order valence-corrected chi connectivity index (χ2v) is 5.98. The minimum Gasteiger partial charge on any atom is -0.368 e. The first-order valence-electron chi connectivity index (χ1n) is 7.16. The highest BCUT2D eigenvalue weighted by Gasteiger charge is 2.24. The van der Waals surface area contributed by atoms with Gasteiger partial charge in [0.15, 0.2) is 5.69 Å². The van der Waals surface area contributed by atoms with Crippen molar-refractivity contribution in [3.63, 3.8) is 0 Å². The Morgan fingerprint density at radius 2 is 2.10 bits per heavy atom. The standard InChI is InChI=1S/C15H21ClN4/c1-11(2)14(20-7-3-4-8-20)10-18-15-6-5-12(16)13(9-17)19-15/h5-6,11,14H,3-4,7-8,10H2,1-2H3,(H,18,19). The van der Waals surface area contributed by atoms with Crippen LogP contribution in [0.5, 0.6) is 0 Å². The van der Waals surface area contributed by atoms with Crippen molar-refractivity contribution in [1.29, 1.82) is 5.26 Å². The van der Waals surface area contributed by atoms with Crippen molar-refractivity contribution in [2.75, 3.05) is 25.0 Å². The van der Waals surface area contributed by atoms with Crippen LogP contribution in [0.15, 0.2) is 12.1 Å². The molecule has 5 heteroatoms. The van der Waals surface area contributed by atoms with Crippen LogP contribution in [-0.2, 0) is 0 Å². The maximum Gasteiger partial charge on any atom is 0.161 e. The smallest absolute Gasteiger partial charge is 0.161 e. The molecule has 1 atom stereocenters. The highest BCUT2D eigenvalue weighted by atomic mass is 35.5. The summed E-state index contributed by atoms with van der Waals surface area (Å²) >= 11 is 5.89. The Morgan fingerprint density at radius 3 is 2.70 bits per heavy atom. The van der Waals surface area contributed by atoms with Crippen LogP contribution in [0.2, 0.25) is 5.02 Å². The summed E-state index contributed by atoms with van der Waals surface area (Å²) in [5, 5.41) is 12.7. The molecule has 1 aliphatic rings. The molecule has 20 heavy (non-hydrogen) atoms. The molecular formula is C15H21ClN4. The summed E-state index contributed by atoms with van der Waals surface area (Å²) in [6.07, 6.45) is 2.59. The highest BCUT2D eigenvalue weighted by molar-refractivity contribution is 6.31. The minimum absolute atomic E-state index is 0.277. The van der Waals surface area contributed by atoms with Crippen LogP contribution >= 0.6 is 11.6 Å². The lowest BCUT2D eigenvalue weighted by molar-refractivity contribution is 0.201. The molecule has 108 valence electrons. The maximum absolute atomic E-state index is 8.95. The molecule has 4 nitrogen and oxygen atoms in total. The monoisotopic (exact) mass is 292 g/mol. The van der Waals surface area contributed by atoms with E-state index in [4.69, 9.17) is 16.9 Å². The van der Waals surface area contributed by atoms with E-state index in [1.54, 1.807) is 6.07 Å². The van der Waals surface area contributed by atoms with E-state index in [1.807, 2.05) is 12.1 Å². The molecule has 2 heterocycles. The van der Waals surface area contributed by atoms with Crippen molar-refractivity contribution in [2.24, 2.45) is 5.92 Å². The molecule has 0 aromatic carbocycles. The third-order valence-electron chi connectivity index (χ3n) is 3.82. The number of hydrogen-bond donors (Lipinski definition) is 1. The van der Waals surface area contributed by atoms with Crippen molar-refractivity contribution in [3.05, 3.63) is 22.8 Å². The summed E-state index contributed by atoms with van der Waals surface area (Å²) in [6.45, 7) is 7.71. The SMILES string of the molecule is CC(C)C(CNc1ccc(Cl)c(C#N)n1)N1CCCC1. The number of nitriles is 1. The second-order valence-electron chi connectivity index (χ2n) is 5.57. The number of pyridine rings is 1. The fourth-order valence-corrected chi connectivity index (χ4v) is 2.84. The van der Waals surface area contributed by atoms with Crippen LogP contribution in [-0.4, -0.2) is 35.6 Å². The van der Waals surface area contributed by atoms with E-state index in [1.165, 1.54) is 25.9 Å². The number of hydrogen-bond acceptors (Lipinski definition) is 4. The molecule has 0 spiro atoms. The number of nitrogens with one attached hydrogen (secondary N) is 1. The zero-order valence-corrected chi connectivity index (χ0v) is 12.8. The Balaban J connectivity index is 2.00. The summed E-state index contributed by atoms with van der Waals surface area (Å²) in [7, 11) is 0. The van der Waals surface area contributed by atoms with Gasteiger partial charge in [0.2, 0.25) is 0 Å². The van der Waals surface area contributed by atoms with Gasteiger partial charge in [0, 0.05) is 12.6 Å². The van der Waals surface area contributed by atoms with Crippen LogP contribution in [0.25, 0.3) is 0 Å². The molecule has 1 unspecified atom stereocenters. The quantitative estimate of drug-likeness (QED) is 0.906. The summed E-state index contributed by atoms with van der Waals surface area (Å²) in [5.41, 5.74) is 0.277. The molecular weight excluding hydrogens is 272 g/mol. The Bertz CT molecular complexity index is 489. The van der Waals surface area contributed by atoms with Crippen LogP contribution in [0.3, 0.4) is 0 Å². The fraction of sp³-hybridized carbons (Fsp3) is 0.600. The van der Waals surface area contributed by atoms with E-state index in [-0.39, 0.29) is 5.69 Å². The van der Waals surface area contributed by atoms with Crippen LogP contribution in [0, 0.1) is 17.2 Å². The average Bonchev–Trinajstić information content (AvgIpc) is 2.94. The predicted octanol–water partition coefficient (Wildman–Crippen LogP) is 3.14. The first-order chi connectivity index (χ1) is 9.61. The molecule has 2 rings (SSSR count). The van der Waals surface area contributed by atoms with E-state index >= 15 is 0 Å². The average molecular weight is 293 g/mol. The van der Waals surface area contributed by atoms with E-state index < -0.39 is 0 Å². The lowest BCUT2D eigenvalue weighted by Crippen LogP contribution is -2.42. The molecule has 1 aromatic rings. The Kier molecular flexibility index (Phi) is 5.22. The lowest BCUT2D eigenvalue weighted by atomic mass is 10.0. The molecule has 1 fully saturated rings. The van der Waals surface area contributed by atoms with Gasteiger partial charge in [-0.25, -0.2) is 4.98 Å². The van der Waals surface area contributed by atoms with Crippen molar-refractivity contribution < 1.29 is 0 Å². The normalized spacial score (nSPS) is 17.1. The molecule has 1 N–H and O–H groups in total. The molecule has 0 aliphatic carbocycles. The molecule has 0 saturated carbocycles. The summed E-state index contributed by atoms with van der Waals surface area (Å²) < 4.78 is 0. The zero-order valence-electron chi connectivity index (χ0n) is 12.1. The van der Waals surface area contributed by atoms with E-state index in [0.29, 0.717) is 17.0 Å². The Morgan fingerprint density at radius 1 is 1.40 bits per heavy atom. The first-order valence-corrected chi connectivity index (χ1v) is 7.54. The Hall–Kier alpha value is -1.31. The number of halogens is 1. The van der Waals surface area contributed by atoms with Crippen molar-refractivity contribution in [3.8, 4) is 6.07 Å². The largest absolute Gasteiger partial charge is 0.368 e. The molecule has 1 aliphatic heterocycles. The van der Waals surface area contributed by atoms with E-state index in [2.05, 4.69) is 29.0 Å². The number of anilines is 1. The van der Waals surface area contributed by atoms with Gasteiger partial charge in [-0.15, -0.1) is 0 Å². The van der Waals surface area contributed by atoms with E-state index in [9.17, 15) is 0 Å². The summed E-state index contributed by atoms with van der Waals surface area (Å²) in [5.74, 6) is 1.30. The van der Waals surface area contributed by atoms with Gasteiger partial charge in [-0.2, -0.15) is 5.26 Å². The van der Waals surface area contributed by atoms with Crippen LogP contribution in [0.4, 0.5) is 5.82 Å². The highest BCUT2D eigenvalue weighted by Crippen LogP contribution is 2.19. The fourth-order valence-electron chi connectivity index (χ4n) is 2.69. The van der Waals surface area contributed by atoms with Crippen molar-refractivity contribution in [1.82, 2.24) is 9.88 Å². The number of nitrogens with zero attached hydrogens (tertiary/aromatic N) is 3. The van der Waals surface area contributed by atoms with Gasteiger partial charge in [-0.3, -0.25) is 4.90 Å². The number of rotatable bonds is 5. The minimum atomic E-state index is 0.277. The third kappa shape index (κ3) is 3.62. The topological polar surface area (TPSA) is 52.0 Å². The van der Waals surface area contributed by atoms with Gasteiger partial charge >= 0.3 is 0 Å². The zero-order chi connectivity index (χ0) is 14.5. The van der Waals surface area contributed by atoms with Gasteiger partial charge in [-0.05, 0) is 44.0 Å². The first kappa shape index (κ1) is 15.1. The molecule has 0 bridgehead atoms. The van der Waals surface area contributed by atoms with Gasteiger partial charge in [0.1, 0.15) is 11.9 Å². The van der Waals surface area contributed by atoms with Gasteiger partial charge < -0.3 is 5.32 Å².